The summed E-state index contributed by atoms with van der Waals surface area (Å²) >= 11 is 0. The molecular weight excluding hydrogens is 380 g/mol. The summed E-state index contributed by atoms with van der Waals surface area (Å²) in [6.07, 6.45) is 1.05. The molecule has 0 aliphatic heterocycles. The quantitative estimate of drug-likeness (QED) is 0.728. The van der Waals surface area contributed by atoms with Gasteiger partial charge in [0, 0.05) is 12.6 Å². The molecular formula is C20H26N2O5S. The van der Waals surface area contributed by atoms with E-state index < -0.39 is 22.0 Å². The fourth-order valence-electron chi connectivity index (χ4n) is 2.79. The highest BCUT2D eigenvalue weighted by Crippen LogP contribution is 2.35. The number of anilines is 1. The van der Waals surface area contributed by atoms with E-state index in [4.69, 9.17) is 9.47 Å². The van der Waals surface area contributed by atoms with Gasteiger partial charge in [0.1, 0.15) is 17.5 Å². The van der Waals surface area contributed by atoms with E-state index in [1.807, 2.05) is 31.2 Å². The Morgan fingerprint density at radius 2 is 1.75 bits per heavy atom. The summed E-state index contributed by atoms with van der Waals surface area (Å²) in [5, 5.41) is 2.79. The molecule has 0 spiro atoms. The van der Waals surface area contributed by atoms with Crippen molar-refractivity contribution >= 4 is 21.6 Å². The third-order valence-corrected chi connectivity index (χ3v) is 5.53. The number of benzene rings is 2. The lowest BCUT2D eigenvalue weighted by Gasteiger charge is -2.29. The third kappa shape index (κ3) is 5.16. The molecule has 1 N–H and O–H groups in total. The van der Waals surface area contributed by atoms with Gasteiger partial charge in [-0.1, -0.05) is 29.8 Å². The van der Waals surface area contributed by atoms with Gasteiger partial charge in [0.25, 0.3) is 0 Å². The number of carbonyl (C=O) groups is 1. The lowest BCUT2D eigenvalue weighted by atomic mass is 10.1. The van der Waals surface area contributed by atoms with E-state index in [0.717, 1.165) is 21.7 Å². The lowest BCUT2D eigenvalue weighted by Crippen LogP contribution is -2.47. The zero-order chi connectivity index (χ0) is 20.9. The van der Waals surface area contributed by atoms with Crippen LogP contribution in [0.3, 0.4) is 0 Å². The first-order chi connectivity index (χ1) is 13.2. The molecule has 7 nitrogen and oxygen atoms in total. The Kier molecular flexibility index (Phi) is 6.90. The molecule has 1 unspecified atom stereocenters. The summed E-state index contributed by atoms with van der Waals surface area (Å²) in [7, 11) is -0.853. The minimum Gasteiger partial charge on any atom is -0.497 e. The Labute approximate surface area is 166 Å². The first-order valence-corrected chi connectivity index (χ1v) is 10.6. The van der Waals surface area contributed by atoms with E-state index in [1.54, 1.807) is 12.1 Å². The molecule has 1 atom stereocenters. The number of hydrogen-bond donors (Lipinski definition) is 1. The normalized spacial score (nSPS) is 12.2. The van der Waals surface area contributed by atoms with Crippen molar-refractivity contribution in [1.82, 2.24) is 5.32 Å². The highest BCUT2D eigenvalue weighted by molar-refractivity contribution is 7.92. The minimum atomic E-state index is -3.77. The van der Waals surface area contributed by atoms with Gasteiger partial charge in [0.05, 0.1) is 26.2 Å². The molecule has 0 radical (unpaired) electrons. The molecule has 0 saturated carbocycles. The van der Waals surface area contributed by atoms with Crippen molar-refractivity contribution in [2.75, 3.05) is 24.8 Å². The van der Waals surface area contributed by atoms with Crippen LogP contribution in [-0.4, -0.2) is 40.8 Å². The zero-order valence-corrected chi connectivity index (χ0v) is 17.5. The van der Waals surface area contributed by atoms with E-state index >= 15 is 0 Å². The number of nitrogens with zero attached hydrogens (tertiary/aromatic N) is 1. The summed E-state index contributed by atoms with van der Waals surface area (Å²) in [6, 6.07) is 11.5. The van der Waals surface area contributed by atoms with Crippen molar-refractivity contribution in [2.45, 2.75) is 26.4 Å². The Hall–Kier alpha value is -2.74. The summed E-state index contributed by atoms with van der Waals surface area (Å²) in [4.78, 5) is 12.7. The number of nitrogens with one attached hydrogen (secondary N) is 1. The summed E-state index contributed by atoms with van der Waals surface area (Å²) in [5.41, 5.74) is 2.29. The maximum atomic E-state index is 12.7. The highest BCUT2D eigenvalue weighted by atomic mass is 32.2. The van der Waals surface area contributed by atoms with Crippen molar-refractivity contribution in [2.24, 2.45) is 0 Å². The van der Waals surface area contributed by atoms with Gasteiger partial charge >= 0.3 is 0 Å². The fourth-order valence-corrected chi connectivity index (χ4v) is 3.96. The molecule has 0 saturated heterocycles. The molecule has 0 fully saturated rings. The second-order valence-electron chi connectivity index (χ2n) is 6.48. The molecule has 2 rings (SSSR count). The van der Waals surface area contributed by atoms with Crippen molar-refractivity contribution in [3.63, 3.8) is 0 Å². The molecule has 0 aromatic heterocycles. The summed E-state index contributed by atoms with van der Waals surface area (Å²) in [5.74, 6) is 0.358. The highest BCUT2D eigenvalue weighted by Gasteiger charge is 2.31. The number of carbonyl (C=O) groups excluding carboxylic acids is 1. The van der Waals surface area contributed by atoms with Crippen molar-refractivity contribution < 1.29 is 22.7 Å². The molecule has 1 amide bonds. The maximum absolute atomic E-state index is 12.7. The Balaban J connectivity index is 2.30. The van der Waals surface area contributed by atoms with Gasteiger partial charge in [-0.15, -0.1) is 0 Å². The van der Waals surface area contributed by atoms with E-state index in [-0.39, 0.29) is 5.69 Å². The van der Waals surface area contributed by atoms with Gasteiger partial charge in [-0.3, -0.25) is 9.10 Å². The molecule has 0 bridgehead atoms. The molecule has 152 valence electrons. The van der Waals surface area contributed by atoms with Crippen LogP contribution in [-0.2, 0) is 21.4 Å². The van der Waals surface area contributed by atoms with Crippen LogP contribution in [0.4, 0.5) is 5.69 Å². The van der Waals surface area contributed by atoms with E-state index in [1.165, 1.54) is 27.2 Å². The monoisotopic (exact) mass is 406 g/mol. The van der Waals surface area contributed by atoms with Crippen LogP contribution in [0.2, 0.25) is 0 Å². The molecule has 0 heterocycles. The molecule has 2 aromatic carbocycles. The third-order valence-electron chi connectivity index (χ3n) is 4.30. The predicted octanol–water partition coefficient (Wildman–Crippen LogP) is 2.48. The number of methoxy groups -OCH3 is 2. The molecule has 28 heavy (non-hydrogen) atoms. The molecule has 0 aliphatic rings. The number of aryl methyl sites for hydroxylation is 1. The van der Waals surface area contributed by atoms with Crippen LogP contribution < -0.4 is 19.1 Å². The van der Waals surface area contributed by atoms with E-state index in [2.05, 4.69) is 5.32 Å². The van der Waals surface area contributed by atoms with E-state index in [9.17, 15) is 13.2 Å². The number of hydrogen-bond acceptors (Lipinski definition) is 5. The Morgan fingerprint density at radius 3 is 2.29 bits per heavy atom. The van der Waals surface area contributed by atoms with Crippen LogP contribution in [0.1, 0.15) is 18.1 Å². The minimum absolute atomic E-state index is 0.238. The largest absolute Gasteiger partial charge is 0.497 e. The second kappa shape index (κ2) is 8.97. The Morgan fingerprint density at radius 1 is 1.11 bits per heavy atom. The SMILES string of the molecule is COc1ccc(OC)c(N(C(C)C(=O)NCc2ccc(C)cc2)S(C)(=O)=O)c1. The fraction of sp³-hybridized carbons (Fsp3) is 0.350. The molecule has 2 aromatic rings. The van der Waals surface area contributed by atoms with Crippen molar-refractivity contribution in [3.05, 3.63) is 53.6 Å². The standard InChI is InChI=1S/C20H26N2O5S/c1-14-6-8-16(9-7-14)13-21-20(23)15(2)22(28(5,24)25)18-12-17(26-3)10-11-19(18)27-4/h6-12,15H,13H2,1-5H3,(H,21,23). The molecule has 0 aliphatic carbocycles. The van der Waals surface area contributed by atoms with Gasteiger partial charge in [0.2, 0.25) is 15.9 Å². The number of ether oxygens (including phenoxy) is 2. The van der Waals surface area contributed by atoms with Gasteiger partial charge in [-0.25, -0.2) is 8.42 Å². The van der Waals surface area contributed by atoms with Gasteiger partial charge in [-0.05, 0) is 31.5 Å². The van der Waals surface area contributed by atoms with Gasteiger partial charge < -0.3 is 14.8 Å². The number of sulfonamides is 1. The smallest absolute Gasteiger partial charge is 0.243 e. The van der Waals surface area contributed by atoms with Crippen molar-refractivity contribution in [1.29, 1.82) is 0 Å². The maximum Gasteiger partial charge on any atom is 0.243 e. The van der Waals surface area contributed by atoms with Crippen LogP contribution in [0.15, 0.2) is 42.5 Å². The second-order valence-corrected chi connectivity index (χ2v) is 8.34. The Bertz CT molecular complexity index is 926. The van der Waals surface area contributed by atoms with Crippen LogP contribution in [0.5, 0.6) is 11.5 Å². The first kappa shape index (κ1) is 21.6. The first-order valence-electron chi connectivity index (χ1n) is 8.72. The van der Waals surface area contributed by atoms with Gasteiger partial charge in [0.15, 0.2) is 0 Å². The summed E-state index contributed by atoms with van der Waals surface area (Å²) in [6.45, 7) is 3.82. The summed E-state index contributed by atoms with van der Waals surface area (Å²) < 4.78 is 36.5. The average molecular weight is 407 g/mol. The zero-order valence-electron chi connectivity index (χ0n) is 16.7. The van der Waals surface area contributed by atoms with Crippen LogP contribution in [0.25, 0.3) is 0 Å². The number of rotatable bonds is 8. The number of amides is 1. The van der Waals surface area contributed by atoms with Crippen LogP contribution >= 0.6 is 0 Å². The predicted molar refractivity (Wildman–Crippen MR) is 109 cm³/mol. The molecule has 8 heteroatoms. The average Bonchev–Trinajstić information content (AvgIpc) is 2.66. The van der Waals surface area contributed by atoms with Crippen molar-refractivity contribution in [3.8, 4) is 11.5 Å². The lowest BCUT2D eigenvalue weighted by molar-refractivity contribution is -0.122. The van der Waals surface area contributed by atoms with E-state index in [0.29, 0.717) is 18.0 Å². The van der Waals surface area contributed by atoms with Crippen LogP contribution in [0, 0.1) is 6.92 Å². The topological polar surface area (TPSA) is 84.9 Å². The van der Waals surface area contributed by atoms with Gasteiger partial charge in [-0.2, -0.15) is 0 Å².